The molecule has 1 saturated heterocycles. The number of carbonyl (C=O) groups is 1. The highest BCUT2D eigenvalue weighted by Crippen LogP contribution is 2.43. The first-order chi connectivity index (χ1) is 18.1. The molecule has 4 aromatic rings. The number of likely N-dealkylation sites (tertiary alicyclic amines) is 1. The van der Waals surface area contributed by atoms with E-state index in [4.69, 9.17) is 9.84 Å². The molecule has 1 aliphatic heterocycles. The SMILES string of the molecule is CC[C@H]1CN(C)[C@H]2Cc3c([nH]c4ccccc34)/C(=N/N=C\c3c[nH]c4ccccc34)C[C@H]1[C@H]2C(=O)OC. The van der Waals surface area contributed by atoms with Gasteiger partial charge >= 0.3 is 5.97 Å². The number of ether oxygens (including phenoxy) is 1. The maximum Gasteiger partial charge on any atom is 0.310 e. The molecule has 2 N–H and O–H groups in total. The van der Waals surface area contributed by atoms with Crippen molar-refractivity contribution < 1.29 is 9.53 Å². The minimum atomic E-state index is -0.210. The van der Waals surface area contributed by atoms with Crippen molar-refractivity contribution in [1.29, 1.82) is 0 Å². The van der Waals surface area contributed by atoms with Crippen LogP contribution in [-0.2, 0) is 16.0 Å². The maximum absolute atomic E-state index is 13.2. The third kappa shape index (κ3) is 4.07. The van der Waals surface area contributed by atoms with Crippen LogP contribution >= 0.6 is 0 Å². The molecule has 7 nitrogen and oxygen atoms in total. The Labute approximate surface area is 216 Å². The predicted molar refractivity (Wildman–Crippen MR) is 148 cm³/mol. The summed E-state index contributed by atoms with van der Waals surface area (Å²) in [5, 5.41) is 11.7. The number of methoxy groups -OCH3 is 1. The Bertz CT molecular complexity index is 1510. The number of hydrogen-bond donors (Lipinski definition) is 2. The summed E-state index contributed by atoms with van der Waals surface area (Å²) >= 11 is 0. The average Bonchev–Trinajstić information content (AvgIpc) is 3.49. The smallest absolute Gasteiger partial charge is 0.310 e. The number of esters is 1. The van der Waals surface area contributed by atoms with E-state index in [-0.39, 0.29) is 23.8 Å². The van der Waals surface area contributed by atoms with Crippen LogP contribution in [0.3, 0.4) is 0 Å². The van der Waals surface area contributed by atoms with Crippen LogP contribution in [0.1, 0.15) is 36.6 Å². The van der Waals surface area contributed by atoms with Gasteiger partial charge in [0.25, 0.3) is 0 Å². The molecule has 190 valence electrons. The number of para-hydroxylation sites is 2. The summed E-state index contributed by atoms with van der Waals surface area (Å²) in [4.78, 5) is 22.6. The molecule has 1 aliphatic carbocycles. The number of piperidine rings is 1. The van der Waals surface area contributed by atoms with Gasteiger partial charge in [-0.1, -0.05) is 49.7 Å². The lowest BCUT2D eigenvalue weighted by Crippen LogP contribution is -2.56. The molecule has 0 amide bonds. The van der Waals surface area contributed by atoms with E-state index in [1.807, 2.05) is 30.6 Å². The molecule has 2 bridgehead atoms. The van der Waals surface area contributed by atoms with Crippen LogP contribution in [0.15, 0.2) is 64.9 Å². The van der Waals surface area contributed by atoms with Crippen LogP contribution in [0.5, 0.6) is 0 Å². The van der Waals surface area contributed by atoms with E-state index in [0.717, 1.165) is 52.8 Å². The van der Waals surface area contributed by atoms with Crippen molar-refractivity contribution in [2.45, 2.75) is 32.2 Å². The lowest BCUT2D eigenvalue weighted by molar-refractivity contribution is -0.154. The molecular weight excluding hydrogens is 462 g/mol. The topological polar surface area (TPSA) is 85.8 Å². The molecule has 4 atom stereocenters. The summed E-state index contributed by atoms with van der Waals surface area (Å²) in [6.07, 6.45) is 6.21. The normalized spacial score (nSPS) is 25.4. The Morgan fingerprint density at radius 3 is 2.65 bits per heavy atom. The van der Waals surface area contributed by atoms with Gasteiger partial charge in [-0.15, -0.1) is 0 Å². The summed E-state index contributed by atoms with van der Waals surface area (Å²) < 4.78 is 5.38. The lowest BCUT2D eigenvalue weighted by atomic mass is 9.67. The number of aromatic amines is 2. The number of likely N-dealkylation sites (N-methyl/N-ethyl adjacent to an activating group) is 1. The van der Waals surface area contributed by atoms with E-state index in [2.05, 4.69) is 64.3 Å². The second-order valence-electron chi connectivity index (χ2n) is 10.4. The third-order valence-corrected chi connectivity index (χ3v) is 8.51. The second-order valence-corrected chi connectivity index (χ2v) is 10.4. The molecule has 0 saturated carbocycles. The van der Waals surface area contributed by atoms with Crippen LogP contribution in [0, 0.1) is 17.8 Å². The molecule has 2 aliphatic rings. The van der Waals surface area contributed by atoms with Crippen LogP contribution < -0.4 is 0 Å². The van der Waals surface area contributed by atoms with Crippen LogP contribution in [0.25, 0.3) is 21.8 Å². The van der Waals surface area contributed by atoms with Gasteiger partial charge in [-0.2, -0.15) is 10.2 Å². The second kappa shape index (κ2) is 9.63. The fraction of sp³-hybridized carbons (Fsp3) is 0.367. The molecule has 7 heteroatoms. The van der Waals surface area contributed by atoms with E-state index < -0.39 is 0 Å². The van der Waals surface area contributed by atoms with E-state index in [9.17, 15) is 4.79 Å². The molecule has 1 fully saturated rings. The Morgan fingerprint density at radius 2 is 1.86 bits per heavy atom. The zero-order valence-electron chi connectivity index (χ0n) is 21.6. The summed E-state index contributed by atoms with van der Waals surface area (Å²) in [7, 11) is 3.66. The molecule has 0 unspecified atom stereocenters. The van der Waals surface area contributed by atoms with Gasteiger partial charge in [0.05, 0.1) is 30.6 Å². The minimum Gasteiger partial charge on any atom is -0.469 e. The standard InChI is InChI=1S/C30H33N5O2/c1-4-18-17-35(2)27-14-23-21-10-6-8-12-25(21)33-29(23)26(13-22(18)28(27)30(36)37-3)34-32-16-19-15-31-24-11-7-5-9-20(19)24/h5-12,15-16,18,22,27-28,31,33H,4,13-14,17H2,1-3H3/b32-16-,34-26+/t18-,22+,27-,28+/m0/s1. The zero-order valence-corrected chi connectivity index (χ0v) is 21.6. The fourth-order valence-electron chi connectivity index (χ4n) is 6.61. The number of benzene rings is 2. The molecule has 37 heavy (non-hydrogen) atoms. The number of nitrogens with one attached hydrogen (secondary N) is 2. The van der Waals surface area contributed by atoms with Crippen molar-refractivity contribution >= 4 is 39.7 Å². The molecule has 0 radical (unpaired) electrons. The van der Waals surface area contributed by atoms with Gasteiger partial charge in [0.2, 0.25) is 0 Å². The van der Waals surface area contributed by atoms with E-state index in [1.165, 1.54) is 18.1 Å². The number of rotatable bonds is 4. The van der Waals surface area contributed by atoms with Crippen molar-refractivity contribution in [3.63, 3.8) is 0 Å². The van der Waals surface area contributed by atoms with Crippen LogP contribution in [0.4, 0.5) is 0 Å². The third-order valence-electron chi connectivity index (χ3n) is 8.51. The average molecular weight is 496 g/mol. The highest BCUT2D eigenvalue weighted by Gasteiger charge is 2.48. The van der Waals surface area contributed by atoms with E-state index in [0.29, 0.717) is 12.3 Å². The Morgan fingerprint density at radius 1 is 1.11 bits per heavy atom. The van der Waals surface area contributed by atoms with Gasteiger partial charge in [0, 0.05) is 46.2 Å². The Hall–Kier alpha value is -3.71. The first-order valence-electron chi connectivity index (χ1n) is 13.1. The number of nitrogens with zero attached hydrogens (tertiary/aromatic N) is 3. The molecule has 3 heterocycles. The summed E-state index contributed by atoms with van der Waals surface area (Å²) in [6, 6.07) is 16.6. The van der Waals surface area contributed by atoms with Crippen molar-refractivity contribution in [1.82, 2.24) is 14.9 Å². The summed E-state index contributed by atoms with van der Waals surface area (Å²) in [6.45, 7) is 3.18. The number of aromatic nitrogens is 2. The van der Waals surface area contributed by atoms with Crippen molar-refractivity contribution in [2.24, 2.45) is 28.0 Å². The van der Waals surface area contributed by atoms with Crippen molar-refractivity contribution in [3.8, 4) is 0 Å². The van der Waals surface area contributed by atoms with Gasteiger partial charge < -0.3 is 19.6 Å². The van der Waals surface area contributed by atoms with Gasteiger partial charge in [-0.3, -0.25) is 4.79 Å². The molecular formula is C30H33N5O2. The minimum absolute atomic E-state index is 0.0782. The van der Waals surface area contributed by atoms with Crippen molar-refractivity contribution in [2.75, 3.05) is 20.7 Å². The molecule has 2 aromatic carbocycles. The summed E-state index contributed by atoms with van der Waals surface area (Å²) in [5.41, 5.74) is 6.31. The first-order valence-corrected chi connectivity index (χ1v) is 13.1. The predicted octanol–water partition coefficient (Wildman–Crippen LogP) is 5.16. The van der Waals surface area contributed by atoms with Gasteiger partial charge in [0.15, 0.2) is 0 Å². The monoisotopic (exact) mass is 495 g/mol. The number of hydrogen-bond acceptors (Lipinski definition) is 5. The van der Waals surface area contributed by atoms with E-state index >= 15 is 0 Å². The van der Waals surface area contributed by atoms with Gasteiger partial charge in [-0.25, -0.2) is 0 Å². The van der Waals surface area contributed by atoms with Crippen molar-refractivity contribution in [3.05, 3.63) is 71.5 Å². The van der Waals surface area contributed by atoms with Crippen LogP contribution in [0.2, 0.25) is 0 Å². The largest absolute Gasteiger partial charge is 0.469 e. The van der Waals surface area contributed by atoms with Gasteiger partial charge in [-0.05, 0) is 49.4 Å². The molecule has 2 aromatic heterocycles. The number of carbonyl (C=O) groups excluding carboxylic acids is 1. The highest BCUT2D eigenvalue weighted by atomic mass is 16.5. The fourth-order valence-corrected chi connectivity index (χ4v) is 6.61. The lowest BCUT2D eigenvalue weighted by Gasteiger charge is -2.48. The van der Waals surface area contributed by atoms with Crippen LogP contribution in [-0.4, -0.2) is 59.5 Å². The zero-order chi connectivity index (χ0) is 25.5. The first kappa shape index (κ1) is 23.7. The Kier molecular flexibility index (Phi) is 6.16. The Balaban J connectivity index is 1.49. The number of fused-ring (bicyclic) bond motifs is 6. The molecule has 6 rings (SSSR count). The van der Waals surface area contributed by atoms with E-state index in [1.54, 1.807) is 0 Å². The number of H-pyrrole nitrogens is 2. The van der Waals surface area contributed by atoms with Gasteiger partial charge in [0.1, 0.15) is 0 Å². The maximum atomic E-state index is 13.2. The quantitative estimate of drug-likeness (QED) is 0.233. The summed E-state index contributed by atoms with van der Waals surface area (Å²) in [5.74, 6) is 0.183. The highest BCUT2D eigenvalue weighted by molar-refractivity contribution is 6.06. The molecule has 0 spiro atoms.